The van der Waals surface area contributed by atoms with Crippen LogP contribution in [0.25, 0.3) is 0 Å². The molecule has 0 unspecified atom stereocenters. The molecule has 0 aliphatic rings. The van der Waals surface area contributed by atoms with Crippen molar-refractivity contribution in [3.63, 3.8) is 0 Å². The molecule has 0 aromatic heterocycles. The van der Waals surface area contributed by atoms with Crippen LogP contribution in [0.2, 0.25) is 0 Å². The van der Waals surface area contributed by atoms with Gasteiger partial charge in [0.2, 0.25) is 0 Å². The van der Waals surface area contributed by atoms with Gasteiger partial charge in [0.05, 0.1) is 0 Å². The fourth-order valence-corrected chi connectivity index (χ4v) is 3.32. The molecule has 0 fully saturated rings. The topological polar surface area (TPSA) is 46.5 Å². The molecule has 1 rings (SSSR count). The highest BCUT2D eigenvalue weighted by Crippen LogP contribution is 2.27. The Kier molecular flexibility index (Phi) is 11.8. The maximum atomic E-state index is 11.0. The highest BCUT2D eigenvalue weighted by Gasteiger charge is 2.12. The summed E-state index contributed by atoms with van der Waals surface area (Å²) >= 11 is 0. The summed E-state index contributed by atoms with van der Waals surface area (Å²) in [6.07, 6.45) is 14.5. The number of benzene rings is 1. The average molecular weight is 349 g/mol. The van der Waals surface area contributed by atoms with Crippen LogP contribution in [0.1, 0.15) is 95.6 Å². The molecule has 1 N–H and O–H groups in total. The third-order valence-corrected chi connectivity index (χ3v) is 4.76. The van der Waals surface area contributed by atoms with Crippen molar-refractivity contribution in [2.45, 2.75) is 97.3 Å². The molecule has 1 aromatic carbocycles. The van der Waals surface area contributed by atoms with Crippen LogP contribution in [-0.2, 0) is 12.8 Å². The van der Waals surface area contributed by atoms with Crippen molar-refractivity contribution in [2.24, 2.45) is 0 Å². The minimum atomic E-state index is -1.22. The molecule has 142 valence electrons. The Labute approximate surface area is 153 Å². The zero-order valence-electron chi connectivity index (χ0n) is 16.2. The Morgan fingerprint density at radius 2 is 1.40 bits per heavy atom. The van der Waals surface area contributed by atoms with E-state index in [1.54, 1.807) is 6.07 Å². The predicted octanol–water partition coefficient (Wildman–Crippen LogP) is 7.16. The van der Waals surface area contributed by atoms with Gasteiger partial charge >= 0.3 is 6.16 Å². The minimum Gasteiger partial charge on any atom is -0.449 e. The van der Waals surface area contributed by atoms with Crippen molar-refractivity contribution in [1.82, 2.24) is 0 Å². The molecule has 0 radical (unpaired) electrons. The Morgan fingerprint density at radius 3 is 2.04 bits per heavy atom. The molecule has 0 heterocycles. The maximum Gasteiger partial charge on any atom is 0.511 e. The quantitative estimate of drug-likeness (QED) is 0.220. The van der Waals surface area contributed by atoms with Crippen LogP contribution in [0.5, 0.6) is 5.75 Å². The second-order valence-electron chi connectivity index (χ2n) is 6.94. The van der Waals surface area contributed by atoms with Crippen molar-refractivity contribution in [2.75, 3.05) is 0 Å². The van der Waals surface area contributed by atoms with Crippen molar-refractivity contribution in [3.8, 4) is 5.75 Å². The van der Waals surface area contributed by atoms with Gasteiger partial charge in [0, 0.05) is 0 Å². The monoisotopic (exact) mass is 348 g/mol. The number of carbonyl (C=O) groups is 1. The lowest BCUT2D eigenvalue weighted by molar-refractivity contribution is 0.144. The first-order valence-electron chi connectivity index (χ1n) is 10.2. The molecule has 3 heteroatoms. The summed E-state index contributed by atoms with van der Waals surface area (Å²) in [5.74, 6) is 0.532. The summed E-state index contributed by atoms with van der Waals surface area (Å²) in [4.78, 5) is 11.0. The van der Waals surface area contributed by atoms with Gasteiger partial charge in [-0.05, 0) is 42.9 Å². The molecule has 0 aliphatic carbocycles. The number of carboxylic acid groups (broad SMARTS) is 1. The maximum absolute atomic E-state index is 11.0. The molecule has 0 atom stereocenters. The lowest BCUT2D eigenvalue weighted by Gasteiger charge is -2.14. The molecule has 0 aliphatic heterocycles. The summed E-state index contributed by atoms with van der Waals surface area (Å²) in [6, 6.07) is 5.83. The number of aryl methyl sites for hydroxylation is 1. The van der Waals surface area contributed by atoms with Gasteiger partial charge in [-0.1, -0.05) is 83.8 Å². The van der Waals surface area contributed by atoms with Gasteiger partial charge in [-0.15, -0.1) is 0 Å². The van der Waals surface area contributed by atoms with E-state index < -0.39 is 6.16 Å². The van der Waals surface area contributed by atoms with E-state index in [1.165, 1.54) is 63.4 Å². The van der Waals surface area contributed by atoms with Crippen LogP contribution >= 0.6 is 0 Å². The number of hydrogen-bond acceptors (Lipinski definition) is 2. The summed E-state index contributed by atoms with van der Waals surface area (Å²) in [7, 11) is 0. The lowest BCUT2D eigenvalue weighted by atomic mass is 9.95. The second-order valence-corrected chi connectivity index (χ2v) is 6.94. The first kappa shape index (κ1) is 21.5. The van der Waals surface area contributed by atoms with Gasteiger partial charge in [-0.2, -0.15) is 0 Å². The van der Waals surface area contributed by atoms with Gasteiger partial charge in [0.1, 0.15) is 5.75 Å². The molecule has 1 aromatic rings. The van der Waals surface area contributed by atoms with Gasteiger partial charge in [-0.25, -0.2) is 4.79 Å². The number of unbranched alkanes of at least 4 members (excludes halogenated alkanes) is 9. The van der Waals surface area contributed by atoms with Crippen molar-refractivity contribution >= 4 is 6.16 Å². The molecule has 0 saturated heterocycles. The fourth-order valence-electron chi connectivity index (χ4n) is 3.32. The zero-order valence-corrected chi connectivity index (χ0v) is 16.2. The smallest absolute Gasteiger partial charge is 0.449 e. The van der Waals surface area contributed by atoms with Crippen LogP contribution in [0.15, 0.2) is 18.2 Å². The number of ether oxygens (including phenoxy) is 1. The molecule has 25 heavy (non-hydrogen) atoms. The molecular formula is C22H36O3. The van der Waals surface area contributed by atoms with Gasteiger partial charge in [0.25, 0.3) is 0 Å². The molecule has 0 spiro atoms. The Balaban J connectivity index is 2.53. The lowest BCUT2D eigenvalue weighted by Crippen LogP contribution is -2.07. The number of rotatable bonds is 14. The Hall–Kier alpha value is -1.51. The minimum absolute atomic E-state index is 0.532. The number of hydrogen-bond donors (Lipinski definition) is 1. The van der Waals surface area contributed by atoms with E-state index in [0.717, 1.165) is 31.2 Å². The standard InChI is InChI=1S/C22H36O3/c1-3-5-7-8-9-10-11-13-17-20-19(15-12-6-4-2)16-14-18-21(20)25-22(23)24/h14,16,18H,3-13,15,17H2,1-2H3,(H,23,24). The summed E-state index contributed by atoms with van der Waals surface area (Å²) in [5, 5.41) is 8.99. The van der Waals surface area contributed by atoms with E-state index in [9.17, 15) is 4.79 Å². The van der Waals surface area contributed by atoms with E-state index in [2.05, 4.69) is 19.9 Å². The fraction of sp³-hybridized carbons (Fsp3) is 0.682. The Morgan fingerprint density at radius 1 is 0.840 bits per heavy atom. The molecule has 0 amide bonds. The van der Waals surface area contributed by atoms with Gasteiger partial charge in [0.15, 0.2) is 0 Å². The van der Waals surface area contributed by atoms with Crippen molar-refractivity contribution in [3.05, 3.63) is 29.3 Å². The van der Waals surface area contributed by atoms with Gasteiger partial charge in [-0.3, -0.25) is 0 Å². The van der Waals surface area contributed by atoms with Gasteiger partial charge < -0.3 is 9.84 Å². The van der Waals surface area contributed by atoms with Crippen molar-refractivity contribution in [1.29, 1.82) is 0 Å². The average Bonchev–Trinajstić information content (AvgIpc) is 2.58. The Bertz CT molecular complexity index is 482. The van der Waals surface area contributed by atoms with Crippen LogP contribution in [0, 0.1) is 0 Å². The SMILES string of the molecule is CCCCCCCCCCc1c(CCCCC)cccc1OC(=O)O. The first-order valence-corrected chi connectivity index (χ1v) is 10.2. The van der Waals surface area contributed by atoms with E-state index >= 15 is 0 Å². The van der Waals surface area contributed by atoms with Crippen LogP contribution in [0.3, 0.4) is 0 Å². The first-order chi connectivity index (χ1) is 12.2. The normalized spacial score (nSPS) is 10.8. The van der Waals surface area contributed by atoms with Crippen molar-refractivity contribution < 1.29 is 14.6 Å². The van der Waals surface area contributed by atoms with Crippen LogP contribution < -0.4 is 4.74 Å². The van der Waals surface area contributed by atoms with E-state index in [1.807, 2.05) is 6.07 Å². The molecular weight excluding hydrogens is 312 g/mol. The highest BCUT2D eigenvalue weighted by atomic mass is 16.7. The predicted molar refractivity (Wildman–Crippen MR) is 105 cm³/mol. The summed E-state index contributed by atoms with van der Waals surface area (Å²) in [6.45, 7) is 4.44. The largest absolute Gasteiger partial charge is 0.511 e. The van der Waals surface area contributed by atoms with E-state index in [0.29, 0.717) is 5.75 Å². The van der Waals surface area contributed by atoms with Crippen LogP contribution in [-0.4, -0.2) is 11.3 Å². The zero-order chi connectivity index (χ0) is 18.3. The molecule has 0 bridgehead atoms. The third-order valence-electron chi connectivity index (χ3n) is 4.76. The molecule has 3 nitrogen and oxygen atoms in total. The second kappa shape index (κ2) is 13.7. The van der Waals surface area contributed by atoms with E-state index in [4.69, 9.17) is 9.84 Å². The third kappa shape index (κ3) is 9.52. The highest BCUT2D eigenvalue weighted by molar-refractivity contribution is 5.62. The van der Waals surface area contributed by atoms with E-state index in [-0.39, 0.29) is 0 Å². The van der Waals surface area contributed by atoms with Crippen LogP contribution in [0.4, 0.5) is 4.79 Å². The molecule has 0 saturated carbocycles. The summed E-state index contributed by atoms with van der Waals surface area (Å²) in [5.41, 5.74) is 2.36. The summed E-state index contributed by atoms with van der Waals surface area (Å²) < 4.78 is 5.03.